The Morgan fingerprint density at radius 3 is 2.80 bits per heavy atom. The van der Waals surface area contributed by atoms with Crippen molar-refractivity contribution in [2.24, 2.45) is 5.92 Å². The summed E-state index contributed by atoms with van der Waals surface area (Å²) in [5.74, 6) is 0.330. The number of morpholine rings is 1. The summed E-state index contributed by atoms with van der Waals surface area (Å²) < 4.78 is 25.0. The number of nitrogens with zero attached hydrogens (tertiary/aromatic N) is 2. The van der Waals surface area contributed by atoms with Gasteiger partial charge in [0.05, 0.1) is 13.2 Å². The maximum Gasteiger partial charge on any atom is 0.264 e. The molecule has 1 aromatic carbocycles. The molecule has 4 rings (SSSR count). The molecule has 3 unspecified atom stereocenters. The number of halogens is 1. The topological polar surface area (TPSA) is 42.0 Å². The number of carbonyl (C=O) groups excluding carboxylic acids is 1. The minimum atomic E-state index is -0.590. The number of fused-ring (bicyclic) bond motifs is 1. The number of ether oxygens (including phenoxy) is 2. The largest absolute Gasteiger partial charge is 0.477 e. The Hall–Kier alpha value is -1.66. The number of benzene rings is 1. The van der Waals surface area contributed by atoms with Crippen LogP contribution in [0.25, 0.3) is 0 Å². The quantitative estimate of drug-likeness (QED) is 0.834. The van der Waals surface area contributed by atoms with Gasteiger partial charge in [0.2, 0.25) is 0 Å². The van der Waals surface area contributed by atoms with Gasteiger partial charge in [0, 0.05) is 44.2 Å². The van der Waals surface area contributed by atoms with E-state index in [1.165, 1.54) is 6.07 Å². The van der Waals surface area contributed by atoms with Gasteiger partial charge in [0.1, 0.15) is 0 Å². The fraction of sp³-hybridized carbons (Fsp3) is 0.632. The van der Waals surface area contributed by atoms with E-state index in [4.69, 9.17) is 9.47 Å². The van der Waals surface area contributed by atoms with Crippen LogP contribution in [0.4, 0.5) is 4.39 Å². The molecule has 3 atom stereocenters. The lowest BCUT2D eigenvalue weighted by molar-refractivity contribution is -0.137. The number of likely N-dealkylation sites (tertiary alicyclic amines) is 1. The summed E-state index contributed by atoms with van der Waals surface area (Å²) >= 11 is 0. The minimum Gasteiger partial charge on any atom is -0.477 e. The molecule has 5 nitrogen and oxygen atoms in total. The highest BCUT2D eigenvalue weighted by Crippen LogP contribution is 2.33. The average molecular weight is 348 g/mol. The van der Waals surface area contributed by atoms with E-state index < -0.39 is 6.10 Å². The second-order valence-corrected chi connectivity index (χ2v) is 7.17. The highest BCUT2D eigenvalue weighted by atomic mass is 19.1. The van der Waals surface area contributed by atoms with Crippen LogP contribution in [0.15, 0.2) is 18.2 Å². The first-order valence-electron chi connectivity index (χ1n) is 9.22. The molecule has 1 aromatic rings. The summed E-state index contributed by atoms with van der Waals surface area (Å²) in [5.41, 5.74) is 0.786. The molecule has 0 aliphatic carbocycles. The van der Waals surface area contributed by atoms with Crippen molar-refractivity contribution in [3.8, 4) is 5.75 Å². The Morgan fingerprint density at radius 1 is 1.28 bits per heavy atom. The Morgan fingerprint density at radius 2 is 2.08 bits per heavy atom. The lowest BCUT2D eigenvalue weighted by atomic mass is 9.99. The fourth-order valence-electron chi connectivity index (χ4n) is 4.33. The number of hydrogen-bond donors (Lipinski definition) is 0. The summed E-state index contributed by atoms with van der Waals surface area (Å²) in [6.07, 6.45) is 0.918. The lowest BCUT2D eigenvalue weighted by Gasteiger charge is -2.34. The van der Waals surface area contributed by atoms with Crippen molar-refractivity contribution in [3.63, 3.8) is 0 Å². The van der Waals surface area contributed by atoms with Crippen molar-refractivity contribution < 1.29 is 18.7 Å². The minimum absolute atomic E-state index is 0.00944. The molecule has 3 heterocycles. The second-order valence-electron chi connectivity index (χ2n) is 7.17. The van der Waals surface area contributed by atoms with Gasteiger partial charge in [-0.2, -0.15) is 0 Å². The van der Waals surface area contributed by atoms with Gasteiger partial charge in [-0.1, -0.05) is 25.5 Å². The van der Waals surface area contributed by atoms with E-state index in [1.807, 2.05) is 11.0 Å². The van der Waals surface area contributed by atoms with Crippen LogP contribution in [0.3, 0.4) is 0 Å². The highest BCUT2D eigenvalue weighted by molar-refractivity contribution is 5.83. The van der Waals surface area contributed by atoms with Gasteiger partial charge in [-0.05, 0) is 12.0 Å². The molecule has 2 fully saturated rings. The van der Waals surface area contributed by atoms with Crippen molar-refractivity contribution in [2.45, 2.75) is 31.9 Å². The van der Waals surface area contributed by atoms with E-state index in [1.54, 1.807) is 6.07 Å². The SMILES string of the molecule is CCC1CN(C(=O)C2Cc3cccc(F)c3O2)CC1N1CCOCC1. The van der Waals surface area contributed by atoms with E-state index in [9.17, 15) is 9.18 Å². The van der Waals surface area contributed by atoms with Crippen LogP contribution >= 0.6 is 0 Å². The third kappa shape index (κ3) is 3.13. The first-order valence-corrected chi connectivity index (χ1v) is 9.22. The number of amides is 1. The van der Waals surface area contributed by atoms with Crippen LogP contribution in [-0.2, 0) is 16.0 Å². The van der Waals surface area contributed by atoms with Crippen LogP contribution < -0.4 is 4.74 Å². The van der Waals surface area contributed by atoms with Crippen molar-refractivity contribution in [3.05, 3.63) is 29.6 Å². The standard InChI is InChI=1S/C19H25FN2O3/c1-2-13-11-22(12-16(13)21-6-8-24-9-7-21)19(23)17-10-14-4-3-5-15(20)18(14)25-17/h3-5,13,16-17H,2,6-12H2,1H3. The molecule has 0 radical (unpaired) electrons. The van der Waals surface area contributed by atoms with Gasteiger partial charge in [0.25, 0.3) is 5.91 Å². The zero-order chi connectivity index (χ0) is 17.4. The molecule has 0 spiro atoms. The number of hydrogen-bond acceptors (Lipinski definition) is 4. The number of para-hydroxylation sites is 1. The predicted molar refractivity (Wildman–Crippen MR) is 91.1 cm³/mol. The first kappa shape index (κ1) is 16.8. The summed E-state index contributed by atoms with van der Waals surface area (Å²) in [6, 6.07) is 5.27. The van der Waals surface area contributed by atoms with E-state index in [0.717, 1.165) is 51.4 Å². The van der Waals surface area contributed by atoms with Crippen LogP contribution in [0.1, 0.15) is 18.9 Å². The van der Waals surface area contributed by atoms with E-state index in [-0.39, 0.29) is 17.5 Å². The summed E-state index contributed by atoms with van der Waals surface area (Å²) in [6.45, 7) is 7.07. The summed E-state index contributed by atoms with van der Waals surface area (Å²) in [5, 5.41) is 0. The van der Waals surface area contributed by atoms with Crippen LogP contribution in [0.5, 0.6) is 5.75 Å². The molecular weight excluding hydrogens is 323 g/mol. The molecule has 6 heteroatoms. The van der Waals surface area contributed by atoms with Crippen molar-refractivity contribution >= 4 is 5.91 Å². The maximum atomic E-state index is 13.9. The molecule has 0 aromatic heterocycles. The first-order chi connectivity index (χ1) is 12.2. The Balaban J connectivity index is 1.44. The monoisotopic (exact) mass is 348 g/mol. The third-order valence-electron chi connectivity index (χ3n) is 5.75. The van der Waals surface area contributed by atoms with Gasteiger partial charge in [-0.3, -0.25) is 9.69 Å². The average Bonchev–Trinajstić information content (AvgIpc) is 3.27. The van der Waals surface area contributed by atoms with Gasteiger partial charge in [-0.15, -0.1) is 0 Å². The molecule has 3 aliphatic rings. The molecule has 25 heavy (non-hydrogen) atoms. The molecule has 136 valence electrons. The van der Waals surface area contributed by atoms with Crippen LogP contribution in [0, 0.1) is 11.7 Å². The molecule has 2 saturated heterocycles. The second kappa shape index (κ2) is 6.92. The maximum absolute atomic E-state index is 13.9. The Labute approximate surface area is 147 Å². The van der Waals surface area contributed by atoms with Crippen molar-refractivity contribution in [2.75, 3.05) is 39.4 Å². The molecule has 0 N–H and O–H groups in total. The van der Waals surface area contributed by atoms with E-state index in [0.29, 0.717) is 18.4 Å². The van der Waals surface area contributed by atoms with E-state index >= 15 is 0 Å². The van der Waals surface area contributed by atoms with Crippen molar-refractivity contribution in [1.82, 2.24) is 9.80 Å². The molecule has 0 bridgehead atoms. The smallest absolute Gasteiger partial charge is 0.264 e. The molecular formula is C19H25FN2O3. The molecule has 3 aliphatic heterocycles. The molecule has 1 amide bonds. The number of rotatable bonds is 3. The lowest BCUT2D eigenvalue weighted by Crippen LogP contribution is -2.48. The van der Waals surface area contributed by atoms with Gasteiger partial charge in [0.15, 0.2) is 17.7 Å². The van der Waals surface area contributed by atoms with Crippen molar-refractivity contribution in [1.29, 1.82) is 0 Å². The zero-order valence-electron chi connectivity index (χ0n) is 14.6. The molecule has 0 saturated carbocycles. The number of carbonyl (C=O) groups is 1. The fourth-order valence-corrected chi connectivity index (χ4v) is 4.33. The third-order valence-corrected chi connectivity index (χ3v) is 5.75. The highest BCUT2D eigenvalue weighted by Gasteiger charge is 2.42. The van der Waals surface area contributed by atoms with Crippen LogP contribution in [-0.4, -0.2) is 67.2 Å². The van der Waals surface area contributed by atoms with Gasteiger partial charge in [-0.25, -0.2) is 4.39 Å². The van der Waals surface area contributed by atoms with E-state index in [2.05, 4.69) is 11.8 Å². The normalized spacial score (nSPS) is 29.5. The van der Waals surface area contributed by atoms with Gasteiger partial charge < -0.3 is 14.4 Å². The zero-order valence-corrected chi connectivity index (χ0v) is 14.6. The predicted octanol–water partition coefficient (Wildman–Crippen LogP) is 1.70. The van der Waals surface area contributed by atoms with Crippen LogP contribution in [0.2, 0.25) is 0 Å². The summed E-state index contributed by atoms with van der Waals surface area (Å²) in [7, 11) is 0. The Kier molecular flexibility index (Phi) is 4.65. The Bertz CT molecular complexity index is 648. The summed E-state index contributed by atoms with van der Waals surface area (Å²) in [4.78, 5) is 17.3. The van der Waals surface area contributed by atoms with Gasteiger partial charge >= 0.3 is 0 Å².